The number of para-hydroxylation sites is 4. The van der Waals surface area contributed by atoms with E-state index >= 15 is 0 Å². The van der Waals surface area contributed by atoms with Crippen LogP contribution in [-0.2, 0) is 0 Å². The van der Waals surface area contributed by atoms with Crippen molar-refractivity contribution in [1.29, 1.82) is 0 Å². The fourth-order valence-electron chi connectivity index (χ4n) is 3.15. The van der Waals surface area contributed by atoms with Crippen LogP contribution in [0.2, 0.25) is 0 Å². The minimum absolute atomic E-state index is 0.772. The van der Waals surface area contributed by atoms with Gasteiger partial charge in [-0.25, -0.2) is 15.0 Å². The normalized spacial score (nSPS) is 14.1. The number of nitrogens with one attached hydrogen (secondary N) is 2. The van der Waals surface area contributed by atoms with Crippen LogP contribution in [0.25, 0.3) is 0 Å². The van der Waals surface area contributed by atoms with Crippen molar-refractivity contribution >= 4 is 34.2 Å². The Bertz CT molecular complexity index is 971. The first-order valence-electron chi connectivity index (χ1n) is 9.45. The first-order valence-corrected chi connectivity index (χ1v) is 9.45. The number of benzene rings is 2. The van der Waals surface area contributed by atoms with Gasteiger partial charge >= 0.3 is 0 Å². The summed E-state index contributed by atoms with van der Waals surface area (Å²) in [4.78, 5) is 14.4. The molecule has 28 heavy (non-hydrogen) atoms. The van der Waals surface area contributed by atoms with Gasteiger partial charge in [0.1, 0.15) is 0 Å². The minimum atomic E-state index is 0.772. The lowest BCUT2D eigenvalue weighted by Gasteiger charge is -2.12. The zero-order valence-electron chi connectivity index (χ0n) is 16.1. The highest BCUT2D eigenvalue weighted by Gasteiger charge is 2.08. The van der Waals surface area contributed by atoms with Gasteiger partial charge in [-0.3, -0.25) is 0 Å². The number of hydrogen-bond donors (Lipinski definition) is 2. The van der Waals surface area contributed by atoms with Gasteiger partial charge in [-0.2, -0.15) is 0 Å². The smallest absolute Gasteiger partial charge is 0.0865 e. The topological polar surface area (TPSA) is 61.7 Å². The van der Waals surface area contributed by atoms with Crippen molar-refractivity contribution in [2.24, 2.45) is 9.98 Å². The van der Waals surface area contributed by atoms with E-state index in [1.54, 1.807) is 0 Å². The van der Waals surface area contributed by atoms with E-state index in [0.717, 1.165) is 58.7 Å². The largest absolute Gasteiger partial charge is 0.382 e. The predicted molar refractivity (Wildman–Crippen MR) is 118 cm³/mol. The zero-order valence-corrected chi connectivity index (χ0v) is 16.1. The Kier molecular flexibility index (Phi) is 5.15. The highest BCUT2D eigenvalue weighted by atomic mass is 15.0. The molecule has 0 aliphatic carbocycles. The Morgan fingerprint density at radius 1 is 0.607 bits per heavy atom. The molecule has 2 heterocycles. The van der Waals surface area contributed by atoms with Crippen molar-refractivity contribution in [3.8, 4) is 0 Å². The van der Waals surface area contributed by atoms with Crippen LogP contribution in [0.15, 0.2) is 76.7 Å². The molecule has 0 fully saturated rings. The molecule has 0 radical (unpaired) electrons. The molecule has 5 nitrogen and oxygen atoms in total. The van der Waals surface area contributed by atoms with Crippen LogP contribution in [0.4, 0.5) is 22.7 Å². The Morgan fingerprint density at radius 2 is 1.07 bits per heavy atom. The molecule has 5 heteroatoms. The highest BCUT2D eigenvalue weighted by Crippen LogP contribution is 2.27. The summed E-state index contributed by atoms with van der Waals surface area (Å²) in [5.41, 5.74) is 7.28. The third-order valence-electron chi connectivity index (χ3n) is 4.63. The number of hydrogen-bond acceptors (Lipinski definition) is 5. The summed E-state index contributed by atoms with van der Waals surface area (Å²) < 4.78 is 0. The van der Waals surface area contributed by atoms with Crippen molar-refractivity contribution in [2.75, 3.05) is 23.7 Å². The summed E-state index contributed by atoms with van der Waals surface area (Å²) in [5.74, 6) is 0. The van der Waals surface area contributed by atoms with Crippen molar-refractivity contribution in [3.05, 3.63) is 78.1 Å². The lowest BCUT2D eigenvalue weighted by Crippen LogP contribution is -2.13. The van der Waals surface area contributed by atoms with E-state index in [-0.39, 0.29) is 0 Å². The standard InChI is InChI=1S/C23H23N5/c1-16-18-12-7-13-19(28-18)17(2)27-23-11-6-4-9-21(23)25-15-14-24-20-8-3-5-10-22(20)26-16/h3-13,24-25H,14-15H2,1-2H3. The van der Waals surface area contributed by atoms with E-state index in [2.05, 4.69) is 22.8 Å². The molecule has 0 spiro atoms. The molecule has 0 atom stereocenters. The highest BCUT2D eigenvalue weighted by molar-refractivity contribution is 6.03. The van der Waals surface area contributed by atoms with Crippen molar-refractivity contribution in [3.63, 3.8) is 0 Å². The molecule has 140 valence electrons. The molecule has 3 aromatic rings. The van der Waals surface area contributed by atoms with Gasteiger partial charge in [0.2, 0.25) is 0 Å². The molecule has 1 aromatic heterocycles. The Morgan fingerprint density at radius 3 is 1.57 bits per heavy atom. The van der Waals surface area contributed by atoms with E-state index in [9.17, 15) is 0 Å². The quantitative estimate of drug-likeness (QED) is 0.572. The molecule has 0 amide bonds. The van der Waals surface area contributed by atoms with E-state index < -0.39 is 0 Å². The average Bonchev–Trinajstić information content (AvgIpc) is 2.73. The molecule has 1 aliphatic heterocycles. The second kappa shape index (κ2) is 8.05. The number of aromatic nitrogens is 1. The van der Waals surface area contributed by atoms with Gasteiger partial charge in [-0.05, 0) is 50.2 Å². The third kappa shape index (κ3) is 3.93. The van der Waals surface area contributed by atoms with Crippen LogP contribution >= 0.6 is 0 Å². The minimum Gasteiger partial charge on any atom is -0.382 e. The summed E-state index contributed by atoms with van der Waals surface area (Å²) in [6.45, 7) is 5.53. The first-order chi connectivity index (χ1) is 13.7. The SMILES string of the molecule is CC1=Nc2ccccc2NCCNc2ccccc2N=C(C)c2cccc1n2. The number of pyridine rings is 1. The monoisotopic (exact) mass is 369 g/mol. The van der Waals surface area contributed by atoms with E-state index in [1.165, 1.54) is 0 Å². The Balaban J connectivity index is 1.83. The Hall–Kier alpha value is -3.47. The van der Waals surface area contributed by atoms with Gasteiger partial charge < -0.3 is 10.6 Å². The van der Waals surface area contributed by atoms with E-state index in [4.69, 9.17) is 15.0 Å². The second-order valence-electron chi connectivity index (χ2n) is 6.69. The molecule has 4 rings (SSSR count). The van der Waals surface area contributed by atoms with Crippen LogP contribution in [0.5, 0.6) is 0 Å². The van der Waals surface area contributed by atoms with Crippen LogP contribution in [0.1, 0.15) is 25.2 Å². The molecular weight excluding hydrogens is 346 g/mol. The summed E-state index contributed by atoms with van der Waals surface area (Å²) in [6, 6.07) is 22.1. The number of fused-ring (bicyclic) bond motifs is 4. The van der Waals surface area contributed by atoms with Crippen LogP contribution < -0.4 is 10.6 Å². The van der Waals surface area contributed by atoms with Gasteiger partial charge in [-0.15, -0.1) is 0 Å². The molecule has 0 saturated heterocycles. The van der Waals surface area contributed by atoms with Crippen LogP contribution in [0, 0.1) is 0 Å². The zero-order chi connectivity index (χ0) is 19.3. The van der Waals surface area contributed by atoms with Gasteiger partial charge in [0.25, 0.3) is 0 Å². The number of nitrogens with zero attached hydrogens (tertiary/aromatic N) is 3. The lowest BCUT2D eigenvalue weighted by atomic mass is 10.2. The van der Waals surface area contributed by atoms with Gasteiger partial charge in [0, 0.05) is 13.1 Å². The summed E-state index contributed by atoms with van der Waals surface area (Å²) in [5, 5.41) is 6.95. The molecule has 0 unspecified atom stereocenters. The maximum Gasteiger partial charge on any atom is 0.0865 e. The van der Waals surface area contributed by atoms with Crippen molar-refractivity contribution in [2.45, 2.75) is 13.8 Å². The molecule has 2 N–H and O–H groups in total. The molecule has 0 saturated carbocycles. The maximum absolute atomic E-state index is 4.82. The number of aliphatic imine (C=N–C) groups is 2. The maximum atomic E-state index is 4.82. The van der Waals surface area contributed by atoms with E-state index in [0.29, 0.717) is 0 Å². The average molecular weight is 369 g/mol. The fraction of sp³-hybridized carbons (Fsp3) is 0.174. The summed E-state index contributed by atoms with van der Waals surface area (Å²) in [7, 11) is 0. The molecule has 2 aromatic carbocycles. The molecule has 1 aliphatic rings. The number of anilines is 2. The summed E-state index contributed by atoms with van der Waals surface area (Å²) >= 11 is 0. The van der Waals surface area contributed by atoms with Crippen molar-refractivity contribution < 1.29 is 0 Å². The van der Waals surface area contributed by atoms with Gasteiger partial charge in [-0.1, -0.05) is 30.3 Å². The summed E-state index contributed by atoms with van der Waals surface area (Å²) in [6.07, 6.45) is 0. The molecule has 2 bridgehead atoms. The molecular formula is C23H23N5. The third-order valence-corrected chi connectivity index (χ3v) is 4.63. The predicted octanol–water partition coefficient (Wildman–Crippen LogP) is 5.20. The van der Waals surface area contributed by atoms with Crippen molar-refractivity contribution in [1.82, 2.24) is 4.98 Å². The fourth-order valence-corrected chi connectivity index (χ4v) is 3.15. The second-order valence-corrected chi connectivity index (χ2v) is 6.69. The van der Waals surface area contributed by atoms with Crippen LogP contribution in [-0.4, -0.2) is 29.5 Å². The first kappa shape index (κ1) is 17.9. The van der Waals surface area contributed by atoms with Gasteiger partial charge in [0.15, 0.2) is 0 Å². The lowest BCUT2D eigenvalue weighted by molar-refractivity contribution is 1.08. The van der Waals surface area contributed by atoms with E-state index in [1.807, 2.05) is 68.4 Å². The number of rotatable bonds is 0. The van der Waals surface area contributed by atoms with Gasteiger partial charge in [0.05, 0.1) is 45.6 Å². The Labute approximate surface area is 165 Å². The van der Waals surface area contributed by atoms with Crippen LogP contribution in [0.3, 0.4) is 0 Å².